The molecule has 0 spiro atoms. The molecular formula is C19H26O3. The number of ether oxygens (including phenoxy) is 3. The third-order valence-electron chi connectivity index (χ3n) is 3.27. The number of hydrogen-bond donors (Lipinski definition) is 0. The van der Waals surface area contributed by atoms with E-state index < -0.39 is 0 Å². The highest BCUT2D eigenvalue weighted by Gasteiger charge is 2.11. The van der Waals surface area contributed by atoms with Crippen molar-refractivity contribution in [1.29, 1.82) is 0 Å². The summed E-state index contributed by atoms with van der Waals surface area (Å²) >= 11 is 0. The maximum Gasteiger partial charge on any atom is 0.168 e. The van der Waals surface area contributed by atoms with Crippen LogP contribution in [0.15, 0.2) is 30.3 Å². The Morgan fingerprint density at radius 3 is 2.18 bits per heavy atom. The van der Waals surface area contributed by atoms with Gasteiger partial charge in [-0.05, 0) is 41.5 Å². The lowest BCUT2D eigenvalue weighted by atomic mass is 10.1. The van der Waals surface area contributed by atoms with Crippen LogP contribution in [0.5, 0.6) is 17.2 Å². The van der Waals surface area contributed by atoms with Crippen molar-refractivity contribution in [3.63, 3.8) is 0 Å². The predicted octanol–water partition coefficient (Wildman–Crippen LogP) is 4.92. The first-order chi connectivity index (χ1) is 10.5. The Hall–Kier alpha value is -1.90. The van der Waals surface area contributed by atoms with Crippen molar-refractivity contribution < 1.29 is 14.2 Å². The monoisotopic (exact) mass is 302 g/mol. The van der Waals surface area contributed by atoms with Gasteiger partial charge in [0.05, 0.1) is 20.3 Å². The van der Waals surface area contributed by atoms with Crippen LogP contribution in [0.2, 0.25) is 0 Å². The van der Waals surface area contributed by atoms with Crippen LogP contribution >= 0.6 is 0 Å². The Morgan fingerprint density at radius 2 is 1.55 bits per heavy atom. The third kappa shape index (κ3) is 4.06. The van der Waals surface area contributed by atoms with Crippen LogP contribution in [0, 0.1) is 11.8 Å². The minimum absolute atomic E-state index is 0.466. The molecule has 0 unspecified atom stereocenters. The van der Waals surface area contributed by atoms with Gasteiger partial charge in [-0.15, -0.1) is 0 Å². The van der Waals surface area contributed by atoms with Crippen molar-refractivity contribution in [2.45, 2.75) is 27.7 Å². The van der Waals surface area contributed by atoms with E-state index in [1.165, 1.54) is 0 Å². The summed E-state index contributed by atoms with van der Waals surface area (Å²) in [6.45, 7) is 9.94. The molecule has 0 atom stereocenters. The topological polar surface area (TPSA) is 27.7 Å². The second kappa shape index (κ2) is 7.39. The van der Waals surface area contributed by atoms with E-state index >= 15 is 0 Å². The van der Waals surface area contributed by atoms with Crippen molar-refractivity contribution in [1.82, 2.24) is 0 Å². The van der Waals surface area contributed by atoms with E-state index in [0.717, 1.165) is 34.6 Å². The standard InChI is InChI=1S/C19H26O3/c1-13(2)11-21-16-7-8-17-15(10-16)6-9-18(20-5)19(17)22-12-14(3)4/h6-10,13-14H,11-12H2,1-5H3. The van der Waals surface area contributed by atoms with Gasteiger partial charge >= 0.3 is 0 Å². The fraction of sp³-hybridized carbons (Fsp3) is 0.474. The smallest absolute Gasteiger partial charge is 0.168 e. The highest BCUT2D eigenvalue weighted by atomic mass is 16.5. The molecular weight excluding hydrogens is 276 g/mol. The summed E-state index contributed by atoms with van der Waals surface area (Å²) in [6, 6.07) is 10.1. The molecule has 2 aromatic rings. The van der Waals surface area contributed by atoms with Crippen molar-refractivity contribution in [3.8, 4) is 17.2 Å². The van der Waals surface area contributed by atoms with Gasteiger partial charge in [0.15, 0.2) is 11.5 Å². The van der Waals surface area contributed by atoms with Crippen LogP contribution < -0.4 is 14.2 Å². The second-order valence-electron chi connectivity index (χ2n) is 6.39. The molecule has 3 heteroatoms. The van der Waals surface area contributed by atoms with E-state index in [2.05, 4.69) is 33.8 Å². The number of hydrogen-bond acceptors (Lipinski definition) is 3. The average Bonchev–Trinajstić information content (AvgIpc) is 2.49. The first-order valence-corrected chi connectivity index (χ1v) is 7.87. The van der Waals surface area contributed by atoms with Gasteiger partial charge in [-0.1, -0.05) is 33.8 Å². The quantitative estimate of drug-likeness (QED) is 0.726. The molecule has 0 amide bonds. The molecule has 0 saturated carbocycles. The lowest BCUT2D eigenvalue weighted by molar-refractivity contribution is 0.260. The molecule has 120 valence electrons. The van der Waals surface area contributed by atoms with Crippen molar-refractivity contribution >= 4 is 10.8 Å². The lowest BCUT2D eigenvalue weighted by Crippen LogP contribution is -2.06. The van der Waals surface area contributed by atoms with E-state index in [9.17, 15) is 0 Å². The number of fused-ring (bicyclic) bond motifs is 1. The lowest BCUT2D eigenvalue weighted by Gasteiger charge is -2.16. The molecule has 22 heavy (non-hydrogen) atoms. The van der Waals surface area contributed by atoms with E-state index in [1.807, 2.05) is 24.3 Å². The molecule has 2 aromatic carbocycles. The zero-order valence-corrected chi connectivity index (χ0v) is 14.2. The summed E-state index contributed by atoms with van der Waals surface area (Å²) in [6.07, 6.45) is 0. The summed E-state index contributed by atoms with van der Waals surface area (Å²) in [5, 5.41) is 2.15. The zero-order valence-electron chi connectivity index (χ0n) is 14.2. The van der Waals surface area contributed by atoms with Gasteiger partial charge in [0.2, 0.25) is 0 Å². The first kappa shape index (κ1) is 16.5. The molecule has 0 N–H and O–H groups in total. The highest BCUT2D eigenvalue weighted by Crippen LogP contribution is 2.37. The van der Waals surface area contributed by atoms with Gasteiger partial charge in [-0.25, -0.2) is 0 Å². The molecule has 0 aliphatic rings. The van der Waals surface area contributed by atoms with Crippen LogP contribution in [0.3, 0.4) is 0 Å². The summed E-state index contributed by atoms with van der Waals surface area (Å²) in [5.41, 5.74) is 0. The minimum atomic E-state index is 0.466. The SMILES string of the molecule is COc1ccc2cc(OCC(C)C)ccc2c1OCC(C)C. The Morgan fingerprint density at radius 1 is 0.864 bits per heavy atom. The van der Waals surface area contributed by atoms with Crippen LogP contribution in [0.4, 0.5) is 0 Å². The van der Waals surface area contributed by atoms with Crippen LogP contribution in [-0.2, 0) is 0 Å². The van der Waals surface area contributed by atoms with E-state index in [-0.39, 0.29) is 0 Å². The van der Waals surface area contributed by atoms with Crippen LogP contribution in [-0.4, -0.2) is 20.3 Å². The molecule has 0 saturated heterocycles. The van der Waals surface area contributed by atoms with Gasteiger partial charge in [0.1, 0.15) is 5.75 Å². The molecule has 0 aromatic heterocycles. The fourth-order valence-corrected chi connectivity index (χ4v) is 2.17. The maximum absolute atomic E-state index is 5.97. The Labute approximate surface area is 133 Å². The Bertz CT molecular complexity index is 617. The van der Waals surface area contributed by atoms with E-state index in [0.29, 0.717) is 18.4 Å². The summed E-state index contributed by atoms with van der Waals surface area (Å²) in [7, 11) is 1.67. The number of methoxy groups -OCH3 is 1. The van der Waals surface area contributed by atoms with Crippen molar-refractivity contribution in [2.75, 3.05) is 20.3 Å². The third-order valence-corrected chi connectivity index (χ3v) is 3.27. The molecule has 0 aliphatic carbocycles. The molecule has 0 bridgehead atoms. The van der Waals surface area contributed by atoms with Gasteiger partial charge in [0, 0.05) is 5.39 Å². The molecule has 0 fully saturated rings. The van der Waals surface area contributed by atoms with Gasteiger partial charge in [-0.3, -0.25) is 0 Å². The molecule has 0 aliphatic heterocycles. The zero-order chi connectivity index (χ0) is 16.1. The maximum atomic E-state index is 5.97. The number of rotatable bonds is 7. The second-order valence-corrected chi connectivity index (χ2v) is 6.39. The predicted molar refractivity (Wildman–Crippen MR) is 91.2 cm³/mol. The van der Waals surface area contributed by atoms with Gasteiger partial charge in [-0.2, -0.15) is 0 Å². The minimum Gasteiger partial charge on any atom is -0.493 e. The summed E-state index contributed by atoms with van der Waals surface area (Å²) in [5.74, 6) is 3.44. The largest absolute Gasteiger partial charge is 0.493 e. The van der Waals surface area contributed by atoms with Gasteiger partial charge in [0.25, 0.3) is 0 Å². The van der Waals surface area contributed by atoms with Crippen LogP contribution in [0.1, 0.15) is 27.7 Å². The molecule has 0 heterocycles. The molecule has 2 rings (SSSR count). The average molecular weight is 302 g/mol. The van der Waals surface area contributed by atoms with Crippen molar-refractivity contribution in [2.24, 2.45) is 11.8 Å². The first-order valence-electron chi connectivity index (χ1n) is 7.87. The Balaban J connectivity index is 2.34. The van der Waals surface area contributed by atoms with E-state index in [4.69, 9.17) is 14.2 Å². The number of benzene rings is 2. The Kier molecular flexibility index (Phi) is 5.53. The van der Waals surface area contributed by atoms with E-state index in [1.54, 1.807) is 7.11 Å². The normalized spacial score (nSPS) is 11.2. The van der Waals surface area contributed by atoms with Crippen molar-refractivity contribution in [3.05, 3.63) is 30.3 Å². The molecule has 0 radical (unpaired) electrons. The van der Waals surface area contributed by atoms with Crippen LogP contribution in [0.25, 0.3) is 10.8 Å². The highest BCUT2D eigenvalue weighted by molar-refractivity contribution is 5.91. The fourth-order valence-electron chi connectivity index (χ4n) is 2.17. The van der Waals surface area contributed by atoms with Gasteiger partial charge < -0.3 is 14.2 Å². The molecule has 3 nitrogen and oxygen atoms in total. The summed E-state index contributed by atoms with van der Waals surface area (Å²) < 4.78 is 17.2. The summed E-state index contributed by atoms with van der Waals surface area (Å²) in [4.78, 5) is 0.